The van der Waals surface area contributed by atoms with E-state index in [4.69, 9.17) is 0 Å². The fraction of sp³-hybridized carbons (Fsp3) is 0.167. The van der Waals surface area contributed by atoms with Gasteiger partial charge in [-0.3, -0.25) is 10.3 Å². The van der Waals surface area contributed by atoms with E-state index in [9.17, 15) is 18.0 Å². The number of alkyl halides is 3. The molecule has 1 aromatic carbocycles. The van der Waals surface area contributed by atoms with Crippen molar-refractivity contribution in [2.75, 3.05) is 12.4 Å². The first-order chi connectivity index (χ1) is 8.93. The molecule has 1 amide bonds. The van der Waals surface area contributed by atoms with Gasteiger partial charge in [-0.25, -0.2) is 4.79 Å². The molecule has 0 bridgehead atoms. The number of methoxy groups -OCH3 is 1. The molecule has 0 atom stereocenters. The van der Waals surface area contributed by atoms with Crippen molar-refractivity contribution < 1.29 is 22.7 Å². The quantitative estimate of drug-likeness (QED) is 0.863. The van der Waals surface area contributed by atoms with Gasteiger partial charge in [-0.2, -0.15) is 13.2 Å². The number of rotatable bonds is 1. The monoisotopic (exact) mass is 270 g/mol. The highest BCUT2D eigenvalue weighted by atomic mass is 19.4. The van der Waals surface area contributed by atoms with E-state index in [-0.39, 0.29) is 16.6 Å². The second-order valence-electron chi connectivity index (χ2n) is 3.67. The van der Waals surface area contributed by atoms with E-state index in [1.54, 1.807) is 0 Å². The summed E-state index contributed by atoms with van der Waals surface area (Å²) in [4.78, 5) is 15.0. The Kier molecular flexibility index (Phi) is 3.28. The summed E-state index contributed by atoms with van der Waals surface area (Å²) in [7, 11) is 1.16. The van der Waals surface area contributed by atoms with Crippen LogP contribution in [0.15, 0.2) is 30.5 Å². The number of nitrogens with zero attached hydrogens (tertiary/aromatic N) is 1. The van der Waals surface area contributed by atoms with Crippen molar-refractivity contribution in [2.45, 2.75) is 6.18 Å². The zero-order valence-electron chi connectivity index (χ0n) is 9.78. The lowest BCUT2D eigenvalue weighted by molar-refractivity contribution is -0.136. The van der Waals surface area contributed by atoms with Gasteiger partial charge in [-0.05, 0) is 18.2 Å². The molecule has 19 heavy (non-hydrogen) atoms. The first-order valence-corrected chi connectivity index (χ1v) is 5.23. The topological polar surface area (TPSA) is 51.2 Å². The molecule has 0 saturated carbocycles. The maximum Gasteiger partial charge on any atom is 0.417 e. The number of halogens is 3. The predicted octanol–water partition coefficient (Wildman–Crippen LogP) is 3.43. The lowest BCUT2D eigenvalue weighted by atomic mass is 10.1. The Labute approximate surface area is 106 Å². The van der Waals surface area contributed by atoms with Gasteiger partial charge in [-0.1, -0.05) is 6.07 Å². The van der Waals surface area contributed by atoms with Crippen LogP contribution in [0, 0.1) is 0 Å². The third-order valence-corrected chi connectivity index (χ3v) is 2.50. The number of aromatic nitrogens is 1. The Bertz CT molecular complexity index is 626. The van der Waals surface area contributed by atoms with Crippen LogP contribution in [-0.2, 0) is 10.9 Å². The van der Waals surface area contributed by atoms with Crippen LogP contribution in [0.1, 0.15) is 5.56 Å². The highest BCUT2D eigenvalue weighted by molar-refractivity contribution is 5.99. The molecular formula is C12H9F3N2O2. The molecule has 0 aliphatic rings. The second kappa shape index (κ2) is 4.75. The average molecular weight is 270 g/mol. The minimum Gasteiger partial charge on any atom is -0.453 e. The van der Waals surface area contributed by atoms with Crippen molar-refractivity contribution in [3.8, 4) is 0 Å². The highest BCUT2D eigenvalue weighted by Crippen LogP contribution is 2.36. The molecule has 2 rings (SSSR count). The van der Waals surface area contributed by atoms with Crippen LogP contribution in [0.3, 0.4) is 0 Å². The number of carbonyl (C=O) groups excluding carboxylic acids is 1. The largest absolute Gasteiger partial charge is 0.453 e. The van der Waals surface area contributed by atoms with Crippen molar-refractivity contribution in [1.29, 1.82) is 0 Å². The van der Waals surface area contributed by atoms with Crippen molar-refractivity contribution in [2.24, 2.45) is 0 Å². The van der Waals surface area contributed by atoms with Crippen LogP contribution in [0.4, 0.5) is 23.7 Å². The maximum absolute atomic E-state index is 12.8. The first-order valence-electron chi connectivity index (χ1n) is 5.23. The Morgan fingerprint density at radius 3 is 2.68 bits per heavy atom. The zero-order valence-corrected chi connectivity index (χ0v) is 9.78. The molecule has 0 unspecified atom stereocenters. The fourth-order valence-corrected chi connectivity index (χ4v) is 1.68. The van der Waals surface area contributed by atoms with E-state index in [0.29, 0.717) is 0 Å². The molecule has 1 aromatic heterocycles. The lowest BCUT2D eigenvalue weighted by Crippen LogP contribution is -2.13. The standard InChI is InChI=1S/C12H9F3N2O2/c1-19-11(18)17-9-5-4-8(12(13,14)15)7-3-2-6-16-10(7)9/h2-6H,1H3,(H,17,18). The third-order valence-electron chi connectivity index (χ3n) is 2.50. The summed E-state index contributed by atoms with van der Waals surface area (Å²) < 4.78 is 42.9. The maximum atomic E-state index is 12.8. The summed E-state index contributed by atoms with van der Waals surface area (Å²) in [6, 6.07) is 4.75. The number of fused-ring (bicyclic) bond motifs is 1. The van der Waals surface area contributed by atoms with Crippen LogP contribution < -0.4 is 5.32 Å². The summed E-state index contributed by atoms with van der Waals surface area (Å²) in [6.07, 6.45) is -3.90. The van der Waals surface area contributed by atoms with Gasteiger partial charge in [0, 0.05) is 11.6 Å². The highest BCUT2D eigenvalue weighted by Gasteiger charge is 2.33. The first kappa shape index (κ1) is 13.1. The van der Waals surface area contributed by atoms with Gasteiger partial charge in [0.2, 0.25) is 0 Å². The summed E-state index contributed by atoms with van der Waals surface area (Å²) in [5.41, 5.74) is -0.579. The second-order valence-corrected chi connectivity index (χ2v) is 3.67. The molecule has 0 radical (unpaired) electrons. The van der Waals surface area contributed by atoms with Gasteiger partial charge in [0.25, 0.3) is 0 Å². The van der Waals surface area contributed by atoms with Gasteiger partial charge in [0.05, 0.1) is 23.9 Å². The van der Waals surface area contributed by atoms with E-state index in [0.717, 1.165) is 19.2 Å². The Balaban J connectivity index is 2.62. The molecule has 1 heterocycles. The molecule has 2 aromatic rings. The zero-order chi connectivity index (χ0) is 14.0. The number of anilines is 1. The van der Waals surface area contributed by atoms with Gasteiger partial charge in [-0.15, -0.1) is 0 Å². The number of hydrogen-bond acceptors (Lipinski definition) is 3. The van der Waals surface area contributed by atoms with Crippen molar-refractivity contribution in [3.05, 3.63) is 36.0 Å². The van der Waals surface area contributed by atoms with E-state index < -0.39 is 17.8 Å². The van der Waals surface area contributed by atoms with Crippen LogP contribution in [0.2, 0.25) is 0 Å². The molecule has 100 valence electrons. The van der Waals surface area contributed by atoms with Crippen LogP contribution in [0.5, 0.6) is 0 Å². The number of hydrogen-bond donors (Lipinski definition) is 1. The molecular weight excluding hydrogens is 261 g/mol. The molecule has 7 heteroatoms. The van der Waals surface area contributed by atoms with Gasteiger partial charge >= 0.3 is 12.3 Å². The Morgan fingerprint density at radius 2 is 2.05 bits per heavy atom. The smallest absolute Gasteiger partial charge is 0.417 e. The minimum atomic E-state index is -4.48. The normalized spacial score (nSPS) is 11.4. The van der Waals surface area contributed by atoms with E-state index in [1.165, 1.54) is 18.3 Å². The summed E-state index contributed by atoms with van der Waals surface area (Å²) in [6.45, 7) is 0. The summed E-state index contributed by atoms with van der Waals surface area (Å²) in [5, 5.41) is 2.24. The van der Waals surface area contributed by atoms with Gasteiger partial charge < -0.3 is 4.74 Å². The van der Waals surface area contributed by atoms with Crippen LogP contribution in [0.25, 0.3) is 10.9 Å². The van der Waals surface area contributed by atoms with Gasteiger partial charge in [0.1, 0.15) is 0 Å². The molecule has 0 fully saturated rings. The molecule has 1 N–H and O–H groups in total. The van der Waals surface area contributed by atoms with E-state index in [1.807, 2.05) is 0 Å². The lowest BCUT2D eigenvalue weighted by Gasteiger charge is -2.13. The molecule has 0 aliphatic heterocycles. The minimum absolute atomic E-state index is 0.0581. The molecule has 0 saturated heterocycles. The fourth-order valence-electron chi connectivity index (χ4n) is 1.68. The predicted molar refractivity (Wildman–Crippen MR) is 62.8 cm³/mol. The molecule has 0 aliphatic carbocycles. The summed E-state index contributed by atoms with van der Waals surface area (Å²) >= 11 is 0. The van der Waals surface area contributed by atoms with Crippen LogP contribution in [-0.4, -0.2) is 18.2 Å². The van der Waals surface area contributed by atoms with E-state index in [2.05, 4.69) is 15.0 Å². The number of pyridine rings is 1. The summed E-state index contributed by atoms with van der Waals surface area (Å²) in [5.74, 6) is 0. The van der Waals surface area contributed by atoms with Crippen LogP contribution >= 0.6 is 0 Å². The molecule has 0 spiro atoms. The number of carbonyl (C=O) groups is 1. The van der Waals surface area contributed by atoms with Crippen molar-refractivity contribution in [1.82, 2.24) is 4.98 Å². The Morgan fingerprint density at radius 1 is 1.32 bits per heavy atom. The number of amides is 1. The Hall–Kier alpha value is -2.31. The number of ether oxygens (including phenoxy) is 1. The average Bonchev–Trinajstić information content (AvgIpc) is 2.37. The molecule has 4 nitrogen and oxygen atoms in total. The van der Waals surface area contributed by atoms with Crippen molar-refractivity contribution >= 4 is 22.7 Å². The van der Waals surface area contributed by atoms with E-state index >= 15 is 0 Å². The third kappa shape index (κ3) is 2.59. The van der Waals surface area contributed by atoms with Crippen molar-refractivity contribution in [3.63, 3.8) is 0 Å². The number of nitrogens with one attached hydrogen (secondary N) is 1. The SMILES string of the molecule is COC(=O)Nc1ccc(C(F)(F)F)c2cccnc12. The number of benzene rings is 1. The van der Waals surface area contributed by atoms with Gasteiger partial charge in [0.15, 0.2) is 0 Å².